The fourth-order valence-corrected chi connectivity index (χ4v) is 2.87. The van der Waals surface area contributed by atoms with Gasteiger partial charge in [0.2, 0.25) is 5.89 Å². The van der Waals surface area contributed by atoms with Crippen molar-refractivity contribution < 1.29 is 4.52 Å². The van der Waals surface area contributed by atoms with E-state index in [0.717, 1.165) is 31.2 Å². The first-order chi connectivity index (χ1) is 9.78. The van der Waals surface area contributed by atoms with Crippen LogP contribution in [-0.2, 0) is 6.42 Å². The van der Waals surface area contributed by atoms with Crippen molar-refractivity contribution in [1.29, 1.82) is 0 Å². The zero-order valence-electron chi connectivity index (χ0n) is 12.1. The molecule has 3 rings (SSSR count). The Bertz CT molecular complexity index is 552. The third-order valence-electron chi connectivity index (χ3n) is 4.20. The molecule has 20 heavy (non-hydrogen) atoms. The zero-order valence-corrected chi connectivity index (χ0v) is 12.1. The monoisotopic (exact) mass is 271 g/mol. The molecule has 1 aromatic carbocycles. The van der Waals surface area contributed by atoms with Crippen LogP contribution in [0.4, 0.5) is 0 Å². The van der Waals surface area contributed by atoms with Gasteiger partial charge in [0.05, 0.1) is 6.04 Å². The van der Waals surface area contributed by atoms with Crippen molar-refractivity contribution in [2.24, 2.45) is 0 Å². The number of rotatable bonds is 4. The van der Waals surface area contributed by atoms with Crippen LogP contribution in [0.25, 0.3) is 0 Å². The maximum absolute atomic E-state index is 5.37. The number of likely N-dealkylation sites (tertiary alicyclic amines) is 1. The van der Waals surface area contributed by atoms with Crippen molar-refractivity contribution in [3.63, 3.8) is 0 Å². The van der Waals surface area contributed by atoms with E-state index in [1.165, 1.54) is 12.0 Å². The van der Waals surface area contributed by atoms with Gasteiger partial charge in [-0.15, -0.1) is 0 Å². The summed E-state index contributed by atoms with van der Waals surface area (Å²) in [6.07, 6.45) is 2.02. The molecule has 1 aliphatic heterocycles. The minimum atomic E-state index is 0.205. The van der Waals surface area contributed by atoms with Crippen LogP contribution in [0.2, 0.25) is 0 Å². The summed E-state index contributed by atoms with van der Waals surface area (Å²) in [5.41, 5.74) is 1.43. The molecule has 0 unspecified atom stereocenters. The Balaban J connectivity index is 1.67. The quantitative estimate of drug-likeness (QED) is 0.856. The van der Waals surface area contributed by atoms with Crippen molar-refractivity contribution in [2.75, 3.05) is 13.1 Å². The van der Waals surface area contributed by atoms with E-state index in [9.17, 15) is 0 Å². The van der Waals surface area contributed by atoms with E-state index in [1.54, 1.807) is 0 Å². The van der Waals surface area contributed by atoms with E-state index in [4.69, 9.17) is 4.52 Å². The third-order valence-corrected chi connectivity index (χ3v) is 4.20. The highest BCUT2D eigenvalue weighted by molar-refractivity contribution is 5.21. The van der Waals surface area contributed by atoms with Crippen molar-refractivity contribution >= 4 is 0 Å². The maximum Gasteiger partial charge on any atom is 0.243 e. The van der Waals surface area contributed by atoms with E-state index < -0.39 is 0 Å². The minimum absolute atomic E-state index is 0.205. The topological polar surface area (TPSA) is 42.2 Å². The lowest BCUT2D eigenvalue weighted by atomic mass is 9.99. The standard InChI is InChI=1S/C16H21N3O/c1-3-15-17-16(20-18-15)12(2)19-10-9-14(11-19)13-7-5-4-6-8-13/h4-8,12,14H,3,9-11H2,1-2H3/t12-,14+/m1/s1. The predicted molar refractivity (Wildman–Crippen MR) is 77.5 cm³/mol. The van der Waals surface area contributed by atoms with Gasteiger partial charge in [-0.05, 0) is 31.4 Å². The Morgan fingerprint density at radius 2 is 2.15 bits per heavy atom. The van der Waals surface area contributed by atoms with E-state index in [0.29, 0.717) is 5.92 Å². The van der Waals surface area contributed by atoms with Crippen molar-refractivity contribution in [1.82, 2.24) is 15.0 Å². The van der Waals surface area contributed by atoms with Gasteiger partial charge in [-0.25, -0.2) is 0 Å². The molecule has 0 radical (unpaired) electrons. The van der Waals surface area contributed by atoms with Crippen LogP contribution >= 0.6 is 0 Å². The number of benzene rings is 1. The first kappa shape index (κ1) is 13.3. The summed E-state index contributed by atoms with van der Waals surface area (Å²) in [6, 6.07) is 11.0. The molecule has 2 atom stereocenters. The molecule has 0 saturated carbocycles. The first-order valence-corrected chi connectivity index (χ1v) is 7.39. The fourth-order valence-electron chi connectivity index (χ4n) is 2.87. The summed E-state index contributed by atoms with van der Waals surface area (Å²) < 4.78 is 5.37. The summed E-state index contributed by atoms with van der Waals surface area (Å²) in [5, 5.41) is 3.99. The average Bonchev–Trinajstić information content (AvgIpc) is 3.17. The molecule has 4 nitrogen and oxygen atoms in total. The minimum Gasteiger partial charge on any atom is -0.338 e. The summed E-state index contributed by atoms with van der Waals surface area (Å²) in [5.74, 6) is 2.16. The second-order valence-corrected chi connectivity index (χ2v) is 5.47. The molecule has 0 spiro atoms. The molecule has 0 amide bonds. The van der Waals surface area contributed by atoms with Crippen LogP contribution in [0.1, 0.15) is 49.5 Å². The van der Waals surface area contributed by atoms with Crippen LogP contribution in [0.15, 0.2) is 34.9 Å². The van der Waals surface area contributed by atoms with Crippen LogP contribution in [0.3, 0.4) is 0 Å². The predicted octanol–water partition coefficient (Wildman–Crippen LogP) is 3.18. The number of aromatic nitrogens is 2. The number of hydrogen-bond acceptors (Lipinski definition) is 4. The maximum atomic E-state index is 5.37. The molecular formula is C16H21N3O. The highest BCUT2D eigenvalue weighted by Crippen LogP contribution is 2.32. The number of hydrogen-bond donors (Lipinski definition) is 0. The molecule has 0 aliphatic carbocycles. The highest BCUT2D eigenvalue weighted by Gasteiger charge is 2.30. The van der Waals surface area contributed by atoms with Gasteiger partial charge >= 0.3 is 0 Å². The largest absolute Gasteiger partial charge is 0.338 e. The van der Waals surface area contributed by atoms with Crippen molar-refractivity contribution in [3.05, 3.63) is 47.6 Å². The van der Waals surface area contributed by atoms with Crippen LogP contribution < -0.4 is 0 Å². The Hall–Kier alpha value is -1.68. The fraction of sp³-hybridized carbons (Fsp3) is 0.500. The zero-order chi connectivity index (χ0) is 13.9. The Labute approximate surface area is 119 Å². The van der Waals surface area contributed by atoms with Gasteiger partial charge in [-0.3, -0.25) is 4.90 Å². The molecule has 1 aliphatic rings. The summed E-state index contributed by atoms with van der Waals surface area (Å²) in [7, 11) is 0. The first-order valence-electron chi connectivity index (χ1n) is 7.39. The van der Waals surface area contributed by atoms with Gasteiger partial charge in [0.15, 0.2) is 5.82 Å². The van der Waals surface area contributed by atoms with Gasteiger partial charge in [-0.1, -0.05) is 42.4 Å². The van der Waals surface area contributed by atoms with Gasteiger partial charge in [-0.2, -0.15) is 4.98 Å². The molecule has 4 heteroatoms. The lowest BCUT2D eigenvalue weighted by Crippen LogP contribution is -2.24. The molecule has 0 bridgehead atoms. The molecule has 106 valence electrons. The van der Waals surface area contributed by atoms with Crippen molar-refractivity contribution in [3.8, 4) is 0 Å². The molecular weight excluding hydrogens is 250 g/mol. The third kappa shape index (κ3) is 2.61. The lowest BCUT2D eigenvalue weighted by Gasteiger charge is -2.21. The second kappa shape index (κ2) is 5.75. The molecule has 1 saturated heterocycles. The molecule has 1 fully saturated rings. The SMILES string of the molecule is CCc1noc([C@@H](C)N2CC[C@H](c3ccccc3)C2)n1. The summed E-state index contributed by atoms with van der Waals surface area (Å²) in [4.78, 5) is 6.89. The van der Waals surface area contributed by atoms with E-state index in [-0.39, 0.29) is 6.04 Å². The van der Waals surface area contributed by atoms with Gasteiger partial charge in [0, 0.05) is 13.0 Å². The molecule has 2 aromatic rings. The smallest absolute Gasteiger partial charge is 0.243 e. The van der Waals surface area contributed by atoms with Crippen LogP contribution in [0, 0.1) is 0 Å². The van der Waals surface area contributed by atoms with E-state index >= 15 is 0 Å². The number of aryl methyl sites for hydroxylation is 1. The lowest BCUT2D eigenvalue weighted by molar-refractivity contribution is 0.207. The Morgan fingerprint density at radius 1 is 1.35 bits per heavy atom. The van der Waals surface area contributed by atoms with Gasteiger partial charge in [0.1, 0.15) is 0 Å². The van der Waals surface area contributed by atoms with Crippen LogP contribution in [-0.4, -0.2) is 28.1 Å². The molecule has 2 heterocycles. The van der Waals surface area contributed by atoms with Crippen molar-refractivity contribution in [2.45, 2.75) is 38.6 Å². The Kier molecular flexibility index (Phi) is 3.83. The average molecular weight is 271 g/mol. The molecule has 0 N–H and O–H groups in total. The van der Waals surface area contributed by atoms with E-state index in [1.807, 2.05) is 6.92 Å². The normalized spacial score (nSPS) is 21.2. The number of nitrogens with zero attached hydrogens (tertiary/aromatic N) is 3. The summed E-state index contributed by atoms with van der Waals surface area (Å²) >= 11 is 0. The Morgan fingerprint density at radius 3 is 2.85 bits per heavy atom. The van der Waals surface area contributed by atoms with Gasteiger partial charge in [0.25, 0.3) is 0 Å². The molecule has 1 aromatic heterocycles. The second-order valence-electron chi connectivity index (χ2n) is 5.47. The van der Waals surface area contributed by atoms with Gasteiger partial charge < -0.3 is 4.52 Å². The van der Waals surface area contributed by atoms with Crippen LogP contribution in [0.5, 0.6) is 0 Å². The summed E-state index contributed by atoms with van der Waals surface area (Å²) in [6.45, 7) is 6.35. The van der Waals surface area contributed by atoms with E-state index in [2.05, 4.69) is 52.3 Å². The highest BCUT2D eigenvalue weighted by atomic mass is 16.5.